The molecule has 1 aliphatic heterocycles. The molecule has 1 fully saturated rings. The van der Waals surface area contributed by atoms with Gasteiger partial charge in [0.1, 0.15) is 0 Å². The van der Waals surface area contributed by atoms with E-state index in [2.05, 4.69) is 19.1 Å². The Balaban J connectivity index is 1.52. The minimum absolute atomic E-state index is 0.0132. The van der Waals surface area contributed by atoms with E-state index in [1.807, 2.05) is 12.1 Å². The van der Waals surface area contributed by atoms with Crippen LogP contribution >= 0.6 is 0 Å². The molecule has 0 N–H and O–H groups in total. The van der Waals surface area contributed by atoms with Gasteiger partial charge in [0.05, 0.1) is 0 Å². The van der Waals surface area contributed by atoms with Crippen LogP contribution in [0.1, 0.15) is 38.2 Å². The molecule has 0 spiro atoms. The lowest BCUT2D eigenvalue weighted by atomic mass is 9.93. The van der Waals surface area contributed by atoms with Crippen LogP contribution in [0.3, 0.4) is 0 Å². The zero-order valence-electron chi connectivity index (χ0n) is 15.0. The lowest BCUT2D eigenvalue weighted by molar-refractivity contribution is 0.437. The third-order valence-electron chi connectivity index (χ3n) is 5.46. The monoisotopic (exact) mass is 357 g/mol. The van der Waals surface area contributed by atoms with Crippen LogP contribution in [0.15, 0.2) is 42.5 Å². The Labute approximate surface area is 151 Å². The molecule has 0 unspecified atom stereocenters. The van der Waals surface area contributed by atoms with E-state index in [-0.39, 0.29) is 8.80 Å². The van der Waals surface area contributed by atoms with Crippen molar-refractivity contribution in [1.29, 1.82) is 0 Å². The highest BCUT2D eigenvalue weighted by Gasteiger charge is 2.21. The Morgan fingerprint density at radius 2 is 1.60 bits per heavy atom. The molecular weight excluding hydrogens is 330 g/mol. The van der Waals surface area contributed by atoms with Gasteiger partial charge in [-0.25, -0.2) is 8.78 Å². The molecular formula is C22H27F2Si. The van der Waals surface area contributed by atoms with Gasteiger partial charge in [0, 0.05) is 8.80 Å². The van der Waals surface area contributed by atoms with E-state index in [4.69, 9.17) is 0 Å². The van der Waals surface area contributed by atoms with Gasteiger partial charge in [0.15, 0.2) is 11.6 Å². The molecule has 2 aromatic carbocycles. The standard InChI is InChI=1S/C22H27F2Si/c1-2-13-25-14-11-18(12-15-25)4-3-17-5-7-19(8-6-17)20-9-10-21(23)22(24)16-20/h5-10,16,18H,2-4,11-15H2,1H3. The lowest BCUT2D eigenvalue weighted by Crippen LogP contribution is -2.21. The lowest BCUT2D eigenvalue weighted by Gasteiger charge is -2.27. The quantitative estimate of drug-likeness (QED) is 0.494. The molecule has 0 nitrogen and oxygen atoms in total. The van der Waals surface area contributed by atoms with Crippen molar-refractivity contribution in [3.05, 3.63) is 59.7 Å². The average molecular weight is 358 g/mol. The average Bonchev–Trinajstić information content (AvgIpc) is 2.64. The van der Waals surface area contributed by atoms with E-state index < -0.39 is 11.6 Å². The Bertz CT molecular complexity index is 673. The molecule has 1 radical (unpaired) electrons. The Kier molecular flexibility index (Phi) is 6.41. The van der Waals surface area contributed by atoms with Crippen LogP contribution in [0.5, 0.6) is 0 Å². The normalized spacial score (nSPS) is 16.3. The number of hydrogen-bond acceptors (Lipinski definition) is 0. The summed E-state index contributed by atoms with van der Waals surface area (Å²) in [6.07, 6.45) is 6.64. The Hall–Kier alpha value is -1.48. The molecule has 25 heavy (non-hydrogen) atoms. The summed E-state index contributed by atoms with van der Waals surface area (Å²) >= 11 is 0. The number of aryl methyl sites for hydroxylation is 1. The van der Waals surface area contributed by atoms with Crippen molar-refractivity contribution in [2.24, 2.45) is 5.92 Å². The molecule has 0 atom stereocenters. The van der Waals surface area contributed by atoms with Crippen molar-refractivity contribution in [2.45, 2.75) is 57.2 Å². The fourth-order valence-corrected chi connectivity index (χ4v) is 6.98. The molecule has 2 aromatic rings. The predicted octanol–water partition coefficient (Wildman–Crippen LogP) is 6.88. The summed E-state index contributed by atoms with van der Waals surface area (Å²) in [5.74, 6) is -0.685. The molecule has 1 saturated heterocycles. The van der Waals surface area contributed by atoms with Crippen LogP contribution < -0.4 is 0 Å². The Morgan fingerprint density at radius 3 is 2.24 bits per heavy atom. The zero-order chi connectivity index (χ0) is 17.6. The van der Waals surface area contributed by atoms with Crippen LogP contribution in [0.2, 0.25) is 18.1 Å². The first-order valence-electron chi connectivity index (χ1n) is 9.53. The van der Waals surface area contributed by atoms with Crippen molar-refractivity contribution < 1.29 is 8.78 Å². The SMILES string of the molecule is CCC[Si]1CCC(CCc2ccc(-c3ccc(F)c(F)c3)cc2)CC1. The molecule has 0 aromatic heterocycles. The van der Waals surface area contributed by atoms with Crippen LogP contribution in [0.25, 0.3) is 11.1 Å². The van der Waals surface area contributed by atoms with Gasteiger partial charge in [0.25, 0.3) is 0 Å². The maximum absolute atomic E-state index is 13.4. The van der Waals surface area contributed by atoms with Gasteiger partial charge in [0.2, 0.25) is 0 Å². The number of rotatable bonds is 6. The molecule has 1 heterocycles. The van der Waals surface area contributed by atoms with Crippen molar-refractivity contribution >= 4 is 8.80 Å². The Morgan fingerprint density at radius 1 is 0.920 bits per heavy atom. The summed E-state index contributed by atoms with van der Waals surface area (Å²) in [6.45, 7) is 2.31. The summed E-state index contributed by atoms with van der Waals surface area (Å²) in [7, 11) is -0.0132. The van der Waals surface area contributed by atoms with Crippen LogP contribution in [0, 0.1) is 17.6 Å². The topological polar surface area (TPSA) is 0 Å². The van der Waals surface area contributed by atoms with Crippen molar-refractivity contribution in [3.8, 4) is 11.1 Å². The molecule has 0 bridgehead atoms. The first-order chi connectivity index (χ1) is 12.2. The van der Waals surface area contributed by atoms with Gasteiger partial charge in [-0.1, -0.05) is 74.7 Å². The fourth-order valence-electron chi connectivity index (χ4n) is 3.89. The smallest absolute Gasteiger partial charge is 0.159 e. The fraction of sp³-hybridized carbons (Fsp3) is 0.455. The van der Waals surface area contributed by atoms with Crippen molar-refractivity contribution in [1.82, 2.24) is 0 Å². The second-order valence-electron chi connectivity index (χ2n) is 7.31. The van der Waals surface area contributed by atoms with Gasteiger partial charge >= 0.3 is 0 Å². The highest BCUT2D eigenvalue weighted by atomic mass is 28.3. The van der Waals surface area contributed by atoms with E-state index in [0.29, 0.717) is 0 Å². The van der Waals surface area contributed by atoms with Crippen molar-refractivity contribution in [2.75, 3.05) is 0 Å². The largest absolute Gasteiger partial charge is 0.204 e. The van der Waals surface area contributed by atoms with Gasteiger partial charge in [-0.15, -0.1) is 0 Å². The van der Waals surface area contributed by atoms with Gasteiger partial charge < -0.3 is 0 Å². The van der Waals surface area contributed by atoms with Gasteiger partial charge in [-0.05, 0) is 47.6 Å². The van der Waals surface area contributed by atoms with Crippen molar-refractivity contribution in [3.63, 3.8) is 0 Å². The first-order valence-corrected chi connectivity index (χ1v) is 11.7. The molecule has 0 aliphatic carbocycles. The second kappa shape index (κ2) is 8.75. The summed E-state index contributed by atoms with van der Waals surface area (Å²) < 4.78 is 26.4. The highest BCUT2D eigenvalue weighted by Crippen LogP contribution is 2.31. The number of benzene rings is 2. The summed E-state index contributed by atoms with van der Waals surface area (Å²) in [5.41, 5.74) is 3.01. The summed E-state index contributed by atoms with van der Waals surface area (Å²) in [6, 6.07) is 16.9. The minimum Gasteiger partial charge on any atom is -0.204 e. The summed E-state index contributed by atoms with van der Waals surface area (Å²) in [4.78, 5) is 0. The number of halogens is 2. The maximum Gasteiger partial charge on any atom is 0.159 e. The minimum atomic E-state index is -0.795. The van der Waals surface area contributed by atoms with E-state index >= 15 is 0 Å². The van der Waals surface area contributed by atoms with Crippen LogP contribution in [0.4, 0.5) is 8.78 Å². The van der Waals surface area contributed by atoms with Crippen LogP contribution in [-0.2, 0) is 6.42 Å². The van der Waals surface area contributed by atoms with E-state index in [1.165, 1.54) is 61.5 Å². The summed E-state index contributed by atoms with van der Waals surface area (Å²) in [5, 5.41) is 0. The third-order valence-corrected chi connectivity index (χ3v) is 8.66. The van der Waals surface area contributed by atoms with E-state index in [1.54, 1.807) is 6.07 Å². The van der Waals surface area contributed by atoms with Gasteiger partial charge in [-0.2, -0.15) is 0 Å². The molecule has 3 rings (SSSR count). The number of hydrogen-bond donors (Lipinski definition) is 0. The van der Waals surface area contributed by atoms with E-state index in [9.17, 15) is 8.78 Å². The third kappa shape index (κ3) is 5.01. The molecule has 1 aliphatic rings. The van der Waals surface area contributed by atoms with Crippen LogP contribution in [-0.4, -0.2) is 8.80 Å². The second-order valence-corrected chi connectivity index (χ2v) is 10.3. The molecule has 133 valence electrons. The molecule has 0 amide bonds. The molecule has 0 saturated carbocycles. The van der Waals surface area contributed by atoms with E-state index in [0.717, 1.165) is 23.5 Å². The zero-order valence-corrected chi connectivity index (χ0v) is 16.0. The highest BCUT2D eigenvalue weighted by molar-refractivity contribution is 6.58. The first kappa shape index (κ1) is 18.3. The maximum atomic E-state index is 13.4. The van der Waals surface area contributed by atoms with Gasteiger partial charge in [-0.3, -0.25) is 0 Å². The molecule has 3 heteroatoms. The predicted molar refractivity (Wildman–Crippen MR) is 103 cm³/mol.